The molecule has 7 aromatic heterocycles. The van der Waals surface area contributed by atoms with Crippen LogP contribution in [0.2, 0.25) is 0 Å². The largest absolute Gasteiger partial charge is 0.502 e. The van der Waals surface area contributed by atoms with Crippen molar-refractivity contribution in [3.63, 3.8) is 0 Å². The van der Waals surface area contributed by atoms with E-state index in [1.165, 1.54) is 30.5 Å². The van der Waals surface area contributed by atoms with Crippen LogP contribution in [0.5, 0.6) is 5.75 Å². The van der Waals surface area contributed by atoms with Crippen LogP contribution >= 0.6 is 24.4 Å². The van der Waals surface area contributed by atoms with Crippen molar-refractivity contribution in [3.05, 3.63) is 85.8 Å². The number of carbonyl (C=O) groups is 2. The van der Waals surface area contributed by atoms with Gasteiger partial charge in [0, 0.05) is 63.4 Å². The molecular weight excluding hydrogens is 1510 g/mol. The van der Waals surface area contributed by atoms with Crippen LogP contribution in [0.4, 0.5) is 51.8 Å². The molecule has 111 heavy (non-hydrogen) atoms. The number of aromatic hydroxyl groups is 1. The van der Waals surface area contributed by atoms with Crippen LogP contribution in [-0.4, -0.2) is 255 Å². The third kappa shape index (κ3) is 34.7. The van der Waals surface area contributed by atoms with E-state index >= 15 is 0 Å². The Labute approximate surface area is 648 Å². The topological polar surface area (TPSA) is 516 Å². The van der Waals surface area contributed by atoms with Gasteiger partial charge >= 0.3 is 45.1 Å². The number of likely N-dealkylation sites (N-methyl/N-ethyl adjacent to an activating group) is 1. The molecule has 1 aromatic carbocycles. The van der Waals surface area contributed by atoms with Crippen LogP contribution < -0.4 is 83.1 Å². The molecule has 46 heteroatoms. The molecule has 0 saturated carbocycles. The molecule has 8 aromatic rings. The minimum atomic E-state index is -1.61. The molecule has 0 radical (unpaired) electrons. The number of imide groups is 1. The van der Waals surface area contributed by atoms with E-state index in [0.29, 0.717) is 111 Å². The Bertz CT molecular complexity index is 4820. The van der Waals surface area contributed by atoms with Crippen LogP contribution in [-0.2, 0) is 20.3 Å². The Morgan fingerprint density at radius 3 is 1.55 bits per heavy atom. The van der Waals surface area contributed by atoms with Gasteiger partial charge in [0.1, 0.15) is 23.0 Å². The van der Waals surface area contributed by atoms with Gasteiger partial charge in [-0.15, -0.1) is 78.8 Å². The number of H-pyrrole nitrogens is 8. The third-order valence-electron chi connectivity index (χ3n) is 12.4. The normalized spacial score (nSPS) is 11.8. The highest BCUT2D eigenvalue weighted by molar-refractivity contribution is 7.79. The number of rotatable bonds is 19. The molecule has 43 nitrogen and oxygen atoms in total. The maximum atomic E-state index is 11.0. The minimum absolute atomic E-state index is 0.0120. The Hall–Kier alpha value is -14.9. The third-order valence-corrected chi connectivity index (χ3v) is 13.4. The maximum Gasteiger partial charge on any atom is 0.380 e. The highest BCUT2D eigenvalue weighted by atomic mass is 32.2. The minimum Gasteiger partial charge on any atom is -0.502 e. The summed E-state index contributed by atoms with van der Waals surface area (Å²) in [6, 6.07) is 1.31. The Kier molecular flexibility index (Phi) is 43.5. The zero-order valence-corrected chi connectivity index (χ0v) is 64.1. The van der Waals surface area contributed by atoms with E-state index in [-0.39, 0.29) is 28.7 Å². The average molecular weight is 1590 g/mol. The lowest BCUT2D eigenvalue weighted by Gasteiger charge is -2.18. The predicted octanol–water partition coefficient (Wildman–Crippen LogP) is -2.30. The Morgan fingerprint density at radius 2 is 1.12 bits per heavy atom. The Balaban J connectivity index is 0.000000617. The van der Waals surface area contributed by atoms with E-state index in [1.807, 2.05) is 21.0 Å². The van der Waals surface area contributed by atoms with Gasteiger partial charge in [-0.3, -0.25) is 44.9 Å². The number of hydroxylamine groups is 1. The van der Waals surface area contributed by atoms with Gasteiger partial charge in [-0.25, -0.2) is 44.3 Å². The number of aromatic nitrogens is 15. The summed E-state index contributed by atoms with van der Waals surface area (Å²) in [5, 5.41) is 42.2. The van der Waals surface area contributed by atoms with E-state index in [0.717, 1.165) is 5.82 Å². The van der Waals surface area contributed by atoms with Crippen molar-refractivity contribution in [3.8, 4) is 129 Å². The smallest absolute Gasteiger partial charge is 0.380 e. The van der Waals surface area contributed by atoms with Gasteiger partial charge in [-0.2, -0.15) is 29.4 Å². The number of nitrogens with one attached hydrogen (secondary N) is 11. The summed E-state index contributed by atoms with van der Waals surface area (Å²) in [5.41, 5.74) is 0.186. The van der Waals surface area contributed by atoms with E-state index in [9.17, 15) is 37.8 Å². The molecular formula is C65H79N29O14S3. The highest BCUT2D eigenvalue weighted by Gasteiger charge is 2.32. The van der Waals surface area contributed by atoms with Crippen molar-refractivity contribution < 1.29 is 41.3 Å². The first-order valence-electron chi connectivity index (χ1n) is 30.7. The average Bonchev–Trinajstić information content (AvgIpc) is 1.68. The number of terminal acetylenes is 10. The lowest BCUT2D eigenvalue weighted by Crippen LogP contribution is -2.44. The second-order valence-corrected chi connectivity index (χ2v) is 22.7. The number of anilines is 8. The molecule has 9 heterocycles. The van der Waals surface area contributed by atoms with E-state index in [4.69, 9.17) is 90.6 Å². The van der Waals surface area contributed by atoms with Crippen molar-refractivity contribution in [2.45, 2.75) is 13.1 Å². The van der Waals surface area contributed by atoms with E-state index < -0.39 is 51.3 Å². The summed E-state index contributed by atoms with van der Waals surface area (Å²) < 4.78 is 37.3. The fourth-order valence-corrected chi connectivity index (χ4v) is 7.77. The second kappa shape index (κ2) is 51.3. The van der Waals surface area contributed by atoms with Gasteiger partial charge in [0.05, 0.1) is 77.7 Å². The van der Waals surface area contributed by atoms with Crippen molar-refractivity contribution in [2.75, 3.05) is 175 Å². The van der Waals surface area contributed by atoms with Gasteiger partial charge in [0.25, 0.3) is 16.8 Å². The van der Waals surface area contributed by atoms with Crippen molar-refractivity contribution >= 4 is 101 Å². The molecule has 0 bridgehead atoms. The molecule has 1 fully saturated rings. The molecule has 2 aliphatic rings. The number of guanidine groups is 1. The number of nitrogens with zero attached hydrogens (tertiary/aromatic N) is 18. The first-order valence-corrected chi connectivity index (χ1v) is 32.5. The summed E-state index contributed by atoms with van der Waals surface area (Å²) in [6.07, 6.45) is 52.8. The lowest BCUT2D eigenvalue weighted by molar-refractivity contribution is -0.123. The maximum absolute atomic E-state index is 11.0. The first kappa shape index (κ1) is 94.1. The summed E-state index contributed by atoms with van der Waals surface area (Å²) in [5.74, 6) is 27.5. The van der Waals surface area contributed by atoms with Gasteiger partial charge in [-0.1, -0.05) is 64.4 Å². The molecule has 12 N–H and O–H groups in total. The number of urea groups is 1. The molecule has 0 spiro atoms. The van der Waals surface area contributed by atoms with Gasteiger partial charge in [0.2, 0.25) is 34.5 Å². The molecule has 0 aliphatic carbocycles. The molecule has 1 saturated heterocycles. The van der Waals surface area contributed by atoms with Gasteiger partial charge < -0.3 is 72.6 Å². The van der Waals surface area contributed by atoms with E-state index in [2.05, 4.69) is 181 Å². The fraction of sp³-hybridized carbons (Fsp3) is 0.338. The van der Waals surface area contributed by atoms with Crippen LogP contribution in [0.3, 0.4) is 0 Å². The second-order valence-electron chi connectivity index (χ2n) is 21.1. The van der Waals surface area contributed by atoms with Crippen LogP contribution in [0.1, 0.15) is 5.82 Å². The highest BCUT2D eigenvalue weighted by Crippen LogP contribution is 2.18. The molecule has 586 valence electrons. The van der Waals surface area contributed by atoms with Crippen molar-refractivity contribution in [2.24, 2.45) is 4.40 Å². The fourth-order valence-electron chi connectivity index (χ4n) is 7.00. The van der Waals surface area contributed by atoms with E-state index in [1.54, 1.807) is 93.4 Å². The zero-order chi connectivity index (χ0) is 83.7. The predicted molar refractivity (Wildman–Crippen MR) is 422 cm³/mol. The number of amides is 3. The van der Waals surface area contributed by atoms with Crippen LogP contribution in [0, 0.1) is 140 Å². The molecule has 2 atom stereocenters. The molecule has 3 amide bonds. The van der Waals surface area contributed by atoms with Crippen LogP contribution in [0.25, 0.3) is 0 Å². The standard InChI is InChI=1S/C8H7NO3.C7H10N4.C7H9N3O2.2C7H8N2O2.C6H8N4O.C6H8N4S.C6H7N3OS.C6H7N3O.C5H7N3O2S/c1-3-4-9(2)5-6(10)8(12)7(5)11;1-4-5-11(3)7-8-6(2)9-10-7;1-3-4-10(2)5-6(11)9-7(12)8-5;1-3-4-9(2)6-5-8-11-7(6)10;1-3-4-9(2)6-5-7(10)11-8-6;2*1-3-4-10(2)5-7-6(11)9-8-5;1-3-4-9(2)5-7-6(11)10-8-5;1-3-4-9(2)6-7-5-8-10-6;1-3-4-8(2)5-6-10-11(9)7-5/h1,10H,4H2,2H3;1H,5H2,2-3H3,(H,8,9,10);1,5H,4H2,2H3,(H2,8,9,11,12);2*1,5,8H,4H2,2H3;2*1H,4H2,2H3,(H2,7,8,9,11);1H,4H2,2H3,(H,7,8,11);1,5H,4H2,2H3;1H,4H2,2H3,(H,6,7). The monoisotopic (exact) mass is 1590 g/mol. The number of hydrogen-bond donors (Lipinski definition) is 12. The number of aryl methyl sites for hydroxylation is 1. The Morgan fingerprint density at radius 1 is 0.577 bits per heavy atom. The first-order chi connectivity index (χ1) is 52.8. The summed E-state index contributed by atoms with van der Waals surface area (Å²) in [4.78, 5) is 110. The number of aromatic amines is 8. The number of carbonyl (C=O) groups excluding carboxylic acids is 2. The van der Waals surface area contributed by atoms with Crippen LogP contribution in [0.15, 0.2) is 65.1 Å². The SMILES string of the molecule is C#CCN(C)C1=NS(=O)ON1.C#CCN(C)C1NC(=O)NC1=O.C#CCN(C)c1c(O)c(=O)c1=O.C#CCN(C)c1c[nH]oc1=O.C#CCN(C)c1cc(=O)o[nH]1.C#CCN(C)c1n[nH]c(=O)[nH]1.C#CCN(C)c1n[nH]c(C)n1.C#CCN(C)c1nc(=S)[nH][nH]1.C#CCN(C)c1nc(=S)o[nH]1.C#CCN(C)c1ncno1. The molecule has 2 aliphatic heterocycles. The summed E-state index contributed by atoms with van der Waals surface area (Å²) in [7, 11) is 17.4. The van der Waals surface area contributed by atoms with Crippen molar-refractivity contribution in [1.29, 1.82) is 0 Å². The van der Waals surface area contributed by atoms with Gasteiger partial charge in [0.15, 0.2) is 18.2 Å². The summed E-state index contributed by atoms with van der Waals surface area (Å²) >= 11 is 7.80. The number of hydrogen-bond acceptors (Lipinski definition) is 34. The van der Waals surface area contributed by atoms with Crippen molar-refractivity contribution in [1.82, 2.24) is 102 Å². The summed E-state index contributed by atoms with van der Waals surface area (Å²) in [6.45, 7) is 5.98. The quantitative estimate of drug-likeness (QED) is 0.0175. The zero-order valence-electron chi connectivity index (χ0n) is 61.7. The molecule has 2 unspecified atom stereocenters. The van der Waals surface area contributed by atoms with Gasteiger partial charge in [-0.05, 0) is 38.4 Å². The lowest BCUT2D eigenvalue weighted by atomic mass is 10.2. The molecule has 10 rings (SSSR count).